The van der Waals surface area contributed by atoms with Crippen molar-refractivity contribution >= 4 is 40.8 Å². The second-order valence-corrected chi connectivity index (χ2v) is 10.2. The fourth-order valence-corrected chi connectivity index (χ4v) is 3.66. The minimum absolute atomic E-state index is 0.134. The van der Waals surface area contributed by atoms with E-state index in [2.05, 4.69) is 30.2 Å². The number of amides is 1. The molecule has 14 nitrogen and oxygen atoms in total. The largest absolute Gasteiger partial charge is 0.494 e. The van der Waals surface area contributed by atoms with Crippen LogP contribution in [0.5, 0.6) is 17.4 Å². The standard InChI is InChI=1S/C27H37N7O7/c1-27(2,3)41-26(38)34(5)12-11-33(4)10-9-28-23-22-18(25(37)32-24(22)31-16-30-23)14-29-17-7-8-19(39-6)20(13-17)40-15-21(35)36/h7-8,13-14,16,37H,9-12,15H2,1-6H3,(H,35,36)(H2,28,30,31,32). The zero-order valence-electron chi connectivity index (χ0n) is 24.1. The molecule has 0 aliphatic carbocycles. The van der Waals surface area contributed by atoms with Crippen LogP contribution in [-0.2, 0) is 9.53 Å². The number of hydrogen-bond donors (Lipinski definition) is 4. The minimum atomic E-state index is -1.12. The normalized spacial score (nSPS) is 11.7. The molecule has 14 heteroatoms. The molecule has 0 aliphatic rings. The zero-order chi connectivity index (χ0) is 30.2. The van der Waals surface area contributed by atoms with E-state index in [1.54, 1.807) is 24.1 Å². The van der Waals surface area contributed by atoms with Crippen LogP contribution in [0.2, 0.25) is 0 Å². The number of ether oxygens (including phenoxy) is 3. The van der Waals surface area contributed by atoms with Crippen molar-refractivity contribution in [2.45, 2.75) is 26.4 Å². The van der Waals surface area contributed by atoms with Gasteiger partial charge in [0.2, 0.25) is 0 Å². The number of aliphatic imine (C=N–C) groups is 1. The summed E-state index contributed by atoms with van der Waals surface area (Å²) < 4.78 is 15.9. The lowest BCUT2D eigenvalue weighted by Gasteiger charge is -2.26. The van der Waals surface area contributed by atoms with Crippen LogP contribution in [-0.4, -0.2) is 113 Å². The van der Waals surface area contributed by atoms with Gasteiger partial charge in [0.25, 0.3) is 0 Å². The predicted molar refractivity (Wildman–Crippen MR) is 154 cm³/mol. The van der Waals surface area contributed by atoms with Crippen molar-refractivity contribution in [3.05, 3.63) is 30.1 Å². The molecule has 0 spiro atoms. The third-order valence-electron chi connectivity index (χ3n) is 5.76. The Kier molecular flexibility index (Phi) is 10.3. The highest BCUT2D eigenvalue weighted by molar-refractivity contribution is 6.06. The Labute approximate surface area is 238 Å². The Morgan fingerprint density at radius 3 is 2.59 bits per heavy atom. The van der Waals surface area contributed by atoms with Crippen LogP contribution in [0.1, 0.15) is 26.3 Å². The fourth-order valence-electron chi connectivity index (χ4n) is 3.66. The third-order valence-corrected chi connectivity index (χ3v) is 5.76. The molecule has 0 radical (unpaired) electrons. The number of aromatic hydroxyl groups is 1. The van der Waals surface area contributed by atoms with Gasteiger partial charge in [-0.05, 0) is 40.0 Å². The van der Waals surface area contributed by atoms with Crippen LogP contribution in [0.15, 0.2) is 29.5 Å². The number of fused-ring (bicyclic) bond motifs is 1. The SMILES string of the molecule is COc1ccc(N=Cc2c(O)[nH]c3ncnc(NCCN(C)CCN(C)C(=O)OC(C)(C)C)c23)cc1OCC(=O)O. The molecule has 41 heavy (non-hydrogen) atoms. The van der Waals surface area contributed by atoms with Gasteiger partial charge in [0, 0.05) is 45.5 Å². The van der Waals surface area contributed by atoms with Crippen molar-refractivity contribution in [2.75, 3.05) is 59.3 Å². The molecule has 0 unspecified atom stereocenters. The molecular formula is C27H37N7O7. The van der Waals surface area contributed by atoms with Gasteiger partial charge in [-0.1, -0.05) is 0 Å². The average Bonchev–Trinajstić information content (AvgIpc) is 3.23. The molecule has 1 aromatic carbocycles. The molecule has 0 aliphatic heterocycles. The Hall–Kier alpha value is -4.59. The van der Waals surface area contributed by atoms with Crippen molar-refractivity contribution in [2.24, 2.45) is 4.99 Å². The van der Waals surface area contributed by atoms with E-state index in [0.717, 1.165) is 0 Å². The number of anilines is 1. The number of carboxylic acid groups (broad SMARTS) is 1. The fraction of sp³-hybridized carbons (Fsp3) is 0.444. The molecule has 2 aromatic heterocycles. The molecule has 2 heterocycles. The number of likely N-dealkylation sites (N-methyl/N-ethyl adjacent to an activating group) is 2. The number of hydrogen-bond acceptors (Lipinski definition) is 11. The number of carbonyl (C=O) groups excluding carboxylic acids is 1. The Balaban J connectivity index is 1.67. The van der Waals surface area contributed by atoms with Gasteiger partial charge < -0.3 is 44.5 Å². The summed E-state index contributed by atoms with van der Waals surface area (Å²) in [7, 11) is 5.10. The molecule has 1 amide bonds. The number of nitrogens with zero attached hydrogens (tertiary/aromatic N) is 5. The third kappa shape index (κ3) is 8.96. The number of rotatable bonds is 13. The topological polar surface area (TPSA) is 175 Å². The highest BCUT2D eigenvalue weighted by atomic mass is 16.6. The van der Waals surface area contributed by atoms with Gasteiger partial charge >= 0.3 is 12.1 Å². The maximum atomic E-state index is 12.2. The minimum Gasteiger partial charge on any atom is -0.494 e. The maximum Gasteiger partial charge on any atom is 0.410 e. The van der Waals surface area contributed by atoms with Crippen molar-refractivity contribution in [1.29, 1.82) is 0 Å². The van der Waals surface area contributed by atoms with Crippen LogP contribution < -0.4 is 14.8 Å². The first-order valence-corrected chi connectivity index (χ1v) is 12.9. The Bertz CT molecular complexity index is 1380. The smallest absolute Gasteiger partial charge is 0.410 e. The van der Waals surface area contributed by atoms with Gasteiger partial charge in [-0.15, -0.1) is 0 Å². The molecule has 3 rings (SSSR count). The van der Waals surface area contributed by atoms with E-state index >= 15 is 0 Å². The van der Waals surface area contributed by atoms with Gasteiger partial charge in [-0.3, -0.25) is 4.99 Å². The number of nitrogens with one attached hydrogen (secondary N) is 2. The lowest BCUT2D eigenvalue weighted by molar-refractivity contribution is -0.139. The molecule has 222 valence electrons. The van der Waals surface area contributed by atoms with Crippen LogP contribution in [0.3, 0.4) is 0 Å². The van der Waals surface area contributed by atoms with Crippen LogP contribution in [0, 0.1) is 0 Å². The lowest BCUT2D eigenvalue weighted by Crippen LogP contribution is -2.39. The highest BCUT2D eigenvalue weighted by Gasteiger charge is 2.20. The molecular weight excluding hydrogens is 534 g/mol. The second kappa shape index (κ2) is 13.7. The molecule has 0 saturated heterocycles. The van der Waals surface area contributed by atoms with Crippen molar-refractivity contribution in [3.63, 3.8) is 0 Å². The summed E-state index contributed by atoms with van der Waals surface area (Å²) in [6.07, 6.45) is 2.48. The van der Waals surface area contributed by atoms with Gasteiger partial charge in [-0.2, -0.15) is 0 Å². The van der Waals surface area contributed by atoms with Gasteiger partial charge in [0.05, 0.1) is 23.7 Å². The summed E-state index contributed by atoms with van der Waals surface area (Å²) in [4.78, 5) is 42.5. The number of aliphatic carboxylic acids is 1. The first kappa shape index (κ1) is 30.9. The summed E-state index contributed by atoms with van der Waals surface area (Å²) in [5.41, 5.74) is 0.700. The second-order valence-electron chi connectivity index (χ2n) is 10.2. The van der Waals surface area contributed by atoms with Crippen molar-refractivity contribution < 1.29 is 34.0 Å². The number of benzene rings is 1. The van der Waals surface area contributed by atoms with E-state index in [1.165, 1.54) is 25.7 Å². The van der Waals surface area contributed by atoms with Gasteiger partial charge in [0.15, 0.2) is 24.0 Å². The highest BCUT2D eigenvalue weighted by Crippen LogP contribution is 2.33. The van der Waals surface area contributed by atoms with E-state index in [9.17, 15) is 14.7 Å². The molecule has 0 atom stereocenters. The van der Waals surface area contributed by atoms with Crippen LogP contribution in [0.25, 0.3) is 11.0 Å². The molecule has 0 fully saturated rings. The number of aromatic amines is 1. The number of carboxylic acids is 1. The van der Waals surface area contributed by atoms with E-state index in [0.29, 0.717) is 60.0 Å². The van der Waals surface area contributed by atoms with E-state index in [1.807, 2.05) is 27.8 Å². The number of aromatic nitrogens is 3. The van der Waals surface area contributed by atoms with E-state index in [-0.39, 0.29) is 17.7 Å². The summed E-state index contributed by atoms with van der Waals surface area (Å²) in [5.74, 6) is -0.164. The summed E-state index contributed by atoms with van der Waals surface area (Å²) in [6.45, 7) is 7.28. The summed E-state index contributed by atoms with van der Waals surface area (Å²) >= 11 is 0. The van der Waals surface area contributed by atoms with Gasteiger partial charge in [0.1, 0.15) is 23.4 Å². The average molecular weight is 572 g/mol. The summed E-state index contributed by atoms with van der Waals surface area (Å²) in [6, 6.07) is 4.81. The maximum absolute atomic E-state index is 12.2. The van der Waals surface area contributed by atoms with Crippen molar-refractivity contribution in [1.82, 2.24) is 24.8 Å². The number of H-pyrrole nitrogens is 1. The van der Waals surface area contributed by atoms with E-state index in [4.69, 9.17) is 19.3 Å². The molecule has 4 N–H and O–H groups in total. The monoisotopic (exact) mass is 571 g/mol. The molecule has 3 aromatic rings. The lowest BCUT2D eigenvalue weighted by atomic mass is 10.2. The van der Waals surface area contributed by atoms with Crippen LogP contribution in [0.4, 0.5) is 16.3 Å². The predicted octanol–water partition coefficient (Wildman–Crippen LogP) is 3.10. The Morgan fingerprint density at radius 2 is 1.90 bits per heavy atom. The van der Waals surface area contributed by atoms with Gasteiger partial charge in [-0.25, -0.2) is 19.6 Å². The Morgan fingerprint density at radius 1 is 1.15 bits per heavy atom. The van der Waals surface area contributed by atoms with Crippen LogP contribution >= 0.6 is 0 Å². The summed E-state index contributed by atoms with van der Waals surface area (Å²) in [5, 5.41) is 23.3. The first-order valence-electron chi connectivity index (χ1n) is 12.9. The number of methoxy groups -OCH3 is 1. The number of carbonyl (C=O) groups is 2. The quantitative estimate of drug-likeness (QED) is 0.222. The molecule has 0 bridgehead atoms. The first-order chi connectivity index (χ1) is 19.4. The van der Waals surface area contributed by atoms with E-state index < -0.39 is 18.2 Å². The van der Waals surface area contributed by atoms with Crippen molar-refractivity contribution in [3.8, 4) is 17.4 Å². The molecule has 0 saturated carbocycles. The zero-order valence-corrected chi connectivity index (χ0v) is 24.1.